The van der Waals surface area contributed by atoms with Gasteiger partial charge in [-0.3, -0.25) is 4.79 Å². The molecule has 0 aliphatic rings. The number of hydrogen-bond donors (Lipinski definition) is 0. The lowest BCUT2D eigenvalue weighted by atomic mass is 9.89. The lowest BCUT2D eigenvalue weighted by Crippen LogP contribution is -2.33. The number of Topliss-reactive ketones (excluding diaryl/α,β-unsaturated/α-hetero) is 1. The van der Waals surface area contributed by atoms with E-state index in [0.29, 0.717) is 18.6 Å². The minimum Gasteiger partial charge on any atom is -0.365 e. The van der Waals surface area contributed by atoms with Gasteiger partial charge in [-0.15, -0.1) is 6.58 Å². The van der Waals surface area contributed by atoms with Crippen LogP contribution < -0.4 is 0 Å². The lowest BCUT2D eigenvalue weighted by Gasteiger charge is -2.24. The highest BCUT2D eigenvalue weighted by Crippen LogP contribution is 2.22. The van der Waals surface area contributed by atoms with Gasteiger partial charge in [0.2, 0.25) is 0 Å². The van der Waals surface area contributed by atoms with Crippen LogP contribution in [-0.4, -0.2) is 11.9 Å². The average Bonchev–Trinajstić information content (AvgIpc) is 2.75. The summed E-state index contributed by atoms with van der Waals surface area (Å²) in [7, 11) is 0. The van der Waals surface area contributed by atoms with Crippen LogP contribution in [-0.2, 0) is 17.8 Å². The molecule has 136 valence electrons. The monoisotopic (exact) mass is 356 g/mol. The van der Waals surface area contributed by atoms with Gasteiger partial charge in [-0.2, -0.15) is 0 Å². The second-order valence-electron chi connectivity index (χ2n) is 6.54. The molecule has 2 atom stereocenters. The second-order valence-corrected chi connectivity index (χ2v) is 6.54. The van der Waals surface area contributed by atoms with Crippen LogP contribution in [0.5, 0.6) is 0 Å². The molecular formula is C25H24O2. The van der Waals surface area contributed by atoms with E-state index >= 15 is 0 Å². The van der Waals surface area contributed by atoms with Gasteiger partial charge in [0.05, 0.1) is 6.61 Å². The molecule has 0 saturated carbocycles. The Balaban J connectivity index is 1.82. The van der Waals surface area contributed by atoms with E-state index in [1.807, 2.05) is 84.9 Å². The zero-order valence-corrected chi connectivity index (χ0v) is 15.3. The molecule has 0 spiro atoms. The number of ketones is 1. The first-order valence-corrected chi connectivity index (χ1v) is 9.19. The van der Waals surface area contributed by atoms with Crippen LogP contribution in [0.2, 0.25) is 0 Å². The molecule has 0 unspecified atom stereocenters. The summed E-state index contributed by atoms with van der Waals surface area (Å²) >= 11 is 0. The molecule has 0 aromatic heterocycles. The second kappa shape index (κ2) is 9.65. The number of carbonyl (C=O) groups excluding carboxylic acids is 1. The van der Waals surface area contributed by atoms with E-state index in [-0.39, 0.29) is 11.7 Å². The summed E-state index contributed by atoms with van der Waals surface area (Å²) in [5.74, 6) is -0.115. The summed E-state index contributed by atoms with van der Waals surface area (Å²) in [6.07, 6.45) is 1.97. The lowest BCUT2D eigenvalue weighted by molar-refractivity contribution is 0.0170. The van der Waals surface area contributed by atoms with E-state index in [1.54, 1.807) is 0 Å². The highest BCUT2D eigenvalue weighted by Gasteiger charge is 2.28. The molecule has 3 rings (SSSR count). The Morgan fingerprint density at radius 1 is 0.815 bits per heavy atom. The molecule has 3 aromatic carbocycles. The standard InChI is InChI=1S/C25H24O2/c1-2-22(18-20-12-6-3-7-13-20)25(24(26)23-16-10-5-11-17-23)27-19-21-14-8-4-9-15-21/h2-17,22,25H,1,18-19H2/t22-,25+/m1/s1. The van der Waals surface area contributed by atoms with Gasteiger partial charge in [0.1, 0.15) is 6.10 Å². The first-order valence-electron chi connectivity index (χ1n) is 9.19. The van der Waals surface area contributed by atoms with E-state index < -0.39 is 6.10 Å². The van der Waals surface area contributed by atoms with Crippen molar-refractivity contribution < 1.29 is 9.53 Å². The molecular weight excluding hydrogens is 332 g/mol. The quantitative estimate of drug-likeness (QED) is 0.374. The molecule has 0 aliphatic heterocycles. The molecule has 0 fully saturated rings. The predicted octanol–water partition coefficient (Wildman–Crippen LogP) is 5.50. The Morgan fingerprint density at radius 2 is 1.33 bits per heavy atom. The van der Waals surface area contributed by atoms with Crippen molar-refractivity contribution >= 4 is 5.78 Å². The van der Waals surface area contributed by atoms with Crippen LogP contribution in [0.15, 0.2) is 104 Å². The predicted molar refractivity (Wildman–Crippen MR) is 110 cm³/mol. The minimum atomic E-state index is -0.578. The third-order valence-corrected chi connectivity index (χ3v) is 4.59. The summed E-state index contributed by atoms with van der Waals surface area (Å²) in [4.78, 5) is 13.2. The van der Waals surface area contributed by atoms with Crippen LogP contribution in [0, 0.1) is 5.92 Å². The van der Waals surface area contributed by atoms with E-state index in [0.717, 1.165) is 11.1 Å². The van der Waals surface area contributed by atoms with Gasteiger partial charge in [-0.05, 0) is 17.5 Å². The normalized spacial score (nSPS) is 12.9. The third kappa shape index (κ3) is 5.25. The molecule has 0 amide bonds. The van der Waals surface area contributed by atoms with Crippen LogP contribution in [0.25, 0.3) is 0 Å². The third-order valence-electron chi connectivity index (χ3n) is 4.59. The van der Waals surface area contributed by atoms with Gasteiger partial charge in [-0.25, -0.2) is 0 Å². The zero-order valence-electron chi connectivity index (χ0n) is 15.3. The number of benzene rings is 3. The maximum absolute atomic E-state index is 13.2. The molecule has 0 bridgehead atoms. The topological polar surface area (TPSA) is 26.3 Å². The van der Waals surface area contributed by atoms with E-state index in [9.17, 15) is 4.79 Å². The number of carbonyl (C=O) groups is 1. The van der Waals surface area contributed by atoms with Gasteiger partial charge in [-0.1, -0.05) is 97.1 Å². The van der Waals surface area contributed by atoms with Crippen molar-refractivity contribution in [1.29, 1.82) is 0 Å². The van der Waals surface area contributed by atoms with Crippen molar-refractivity contribution in [2.24, 2.45) is 5.92 Å². The Morgan fingerprint density at radius 3 is 1.89 bits per heavy atom. The van der Waals surface area contributed by atoms with Crippen molar-refractivity contribution in [3.8, 4) is 0 Å². The Labute approximate surface area is 161 Å². The van der Waals surface area contributed by atoms with Crippen molar-refractivity contribution in [2.45, 2.75) is 19.1 Å². The van der Waals surface area contributed by atoms with Crippen molar-refractivity contribution in [1.82, 2.24) is 0 Å². The Kier molecular flexibility index (Phi) is 6.72. The van der Waals surface area contributed by atoms with Crippen LogP contribution in [0.3, 0.4) is 0 Å². The fraction of sp³-hybridized carbons (Fsp3) is 0.160. The maximum atomic E-state index is 13.2. The largest absolute Gasteiger partial charge is 0.365 e. The summed E-state index contributed by atoms with van der Waals surface area (Å²) in [5.41, 5.74) is 2.87. The molecule has 27 heavy (non-hydrogen) atoms. The molecule has 0 saturated heterocycles. The van der Waals surface area contributed by atoms with Crippen molar-refractivity contribution in [3.63, 3.8) is 0 Å². The molecule has 0 aliphatic carbocycles. The number of ether oxygens (including phenoxy) is 1. The van der Waals surface area contributed by atoms with Gasteiger partial charge >= 0.3 is 0 Å². The highest BCUT2D eigenvalue weighted by molar-refractivity contribution is 5.99. The SMILES string of the molecule is C=C[C@H](Cc1ccccc1)[C@H](OCc1ccccc1)C(=O)c1ccccc1. The first kappa shape index (κ1) is 18.8. The van der Waals surface area contributed by atoms with E-state index in [2.05, 4.69) is 18.7 Å². The van der Waals surface area contributed by atoms with Gasteiger partial charge < -0.3 is 4.74 Å². The van der Waals surface area contributed by atoms with Gasteiger partial charge in [0.15, 0.2) is 5.78 Å². The smallest absolute Gasteiger partial charge is 0.192 e. The average molecular weight is 356 g/mol. The molecule has 2 heteroatoms. The number of hydrogen-bond acceptors (Lipinski definition) is 2. The first-order chi connectivity index (χ1) is 13.3. The van der Waals surface area contributed by atoms with E-state index in [4.69, 9.17) is 4.74 Å². The molecule has 2 nitrogen and oxygen atoms in total. The summed E-state index contributed by atoms with van der Waals surface area (Å²) in [6, 6.07) is 29.4. The van der Waals surface area contributed by atoms with Crippen LogP contribution in [0.1, 0.15) is 21.5 Å². The number of rotatable bonds is 9. The highest BCUT2D eigenvalue weighted by atomic mass is 16.5. The van der Waals surface area contributed by atoms with E-state index in [1.165, 1.54) is 0 Å². The summed E-state index contributed by atoms with van der Waals surface area (Å²) < 4.78 is 6.15. The van der Waals surface area contributed by atoms with Crippen molar-refractivity contribution in [3.05, 3.63) is 120 Å². The summed E-state index contributed by atoms with van der Waals surface area (Å²) in [6.45, 7) is 4.37. The molecule has 0 heterocycles. The van der Waals surface area contributed by atoms with Gasteiger partial charge in [0.25, 0.3) is 0 Å². The Hall–Kier alpha value is -2.97. The maximum Gasteiger partial charge on any atom is 0.192 e. The molecule has 0 N–H and O–H groups in total. The summed E-state index contributed by atoms with van der Waals surface area (Å²) in [5, 5.41) is 0. The Bertz CT molecular complexity index is 841. The fourth-order valence-electron chi connectivity index (χ4n) is 3.12. The van der Waals surface area contributed by atoms with Gasteiger partial charge in [0, 0.05) is 11.5 Å². The zero-order chi connectivity index (χ0) is 18.9. The van der Waals surface area contributed by atoms with Crippen molar-refractivity contribution in [2.75, 3.05) is 0 Å². The molecule has 3 aromatic rings. The molecule has 0 radical (unpaired) electrons. The minimum absolute atomic E-state index is 0.00707. The van der Waals surface area contributed by atoms with Crippen LogP contribution in [0.4, 0.5) is 0 Å². The fourth-order valence-corrected chi connectivity index (χ4v) is 3.12. The van der Waals surface area contributed by atoms with Crippen LogP contribution >= 0.6 is 0 Å².